The molecule has 0 saturated carbocycles. The van der Waals surface area contributed by atoms with Crippen LogP contribution in [0.5, 0.6) is 5.75 Å². The molecule has 2 N–H and O–H groups in total. The molecule has 2 rings (SSSR count). The SMILES string of the molecule is CCc1nnc(NC(=O)C(C#N)=Cc2ccc(O)cc2Cl)s1. The molecule has 8 heteroatoms. The number of amides is 1. The Morgan fingerprint density at radius 2 is 2.32 bits per heavy atom. The van der Waals surface area contributed by atoms with Gasteiger partial charge in [-0.05, 0) is 36.3 Å². The van der Waals surface area contributed by atoms with Crippen molar-refractivity contribution < 1.29 is 9.90 Å². The summed E-state index contributed by atoms with van der Waals surface area (Å²) >= 11 is 7.20. The summed E-state index contributed by atoms with van der Waals surface area (Å²) in [6.07, 6.45) is 2.07. The van der Waals surface area contributed by atoms with Crippen LogP contribution in [-0.2, 0) is 11.2 Å². The smallest absolute Gasteiger partial charge is 0.268 e. The molecule has 0 spiro atoms. The Balaban J connectivity index is 2.21. The number of nitriles is 1. The lowest BCUT2D eigenvalue weighted by Gasteiger charge is -2.02. The van der Waals surface area contributed by atoms with Crippen LogP contribution in [0.4, 0.5) is 5.13 Å². The molecule has 1 heterocycles. The highest BCUT2D eigenvalue weighted by atomic mass is 35.5. The van der Waals surface area contributed by atoms with E-state index >= 15 is 0 Å². The summed E-state index contributed by atoms with van der Waals surface area (Å²) in [5, 5.41) is 30.0. The molecule has 0 atom stereocenters. The molecule has 1 aromatic heterocycles. The number of anilines is 1. The topological polar surface area (TPSA) is 98.9 Å². The van der Waals surface area contributed by atoms with Crippen molar-refractivity contribution in [1.29, 1.82) is 5.26 Å². The maximum absolute atomic E-state index is 12.1. The molecule has 2 aromatic rings. The number of nitrogens with zero attached hydrogens (tertiary/aromatic N) is 3. The van der Waals surface area contributed by atoms with Crippen molar-refractivity contribution in [1.82, 2.24) is 10.2 Å². The monoisotopic (exact) mass is 334 g/mol. The fraction of sp³-hybridized carbons (Fsp3) is 0.143. The number of carbonyl (C=O) groups excluding carboxylic acids is 1. The van der Waals surface area contributed by atoms with Gasteiger partial charge >= 0.3 is 0 Å². The van der Waals surface area contributed by atoms with Crippen molar-refractivity contribution in [2.45, 2.75) is 13.3 Å². The lowest BCUT2D eigenvalue weighted by molar-refractivity contribution is -0.112. The Kier molecular flexibility index (Phi) is 5.09. The van der Waals surface area contributed by atoms with Gasteiger partial charge < -0.3 is 5.11 Å². The van der Waals surface area contributed by atoms with Crippen LogP contribution in [0.3, 0.4) is 0 Å². The highest BCUT2D eigenvalue weighted by Gasteiger charge is 2.13. The molecule has 0 radical (unpaired) electrons. The number of benzene rings is 1. The van der Waals surface area contributed by atoms with Gasteiger partial charge in [0.05, 0.1) is 5.02 Å². The Morgan fingerprint density at radius 3 is 2.91 bits per heavy atom. The van der Waals surface area contributed by atoms with Crippen molar-refractivity contribution in [3.8, 4) is 11.8 Å². The van der Waals surface area contributed by atoms with Crippen LogP contribution in [0.2, 0.25) is 5.02 Å². The molecule has 0 aliphatic carbocycles. The van der Waals surface area contributed by atoms with Crippen LogP contribution in [0.1, 0.15) is 17.5 Å². The zero-order valence-electron chi connectivity index (χ0n) is 11.5. The molecule has 0 aliphatic rings. The zero-order valence-corrected chi connectivity index (χ0v) is 13.1. The summed E-state index contributed by atoms with van der Waals surface area (Å²) < 4.78 is 0. The van der Waals surface area contributed by atoms with Gasteiger partial charge in [0.1, 0.15) is 22.4 Å². The van der Waals surface area contributed by atoms with E-state index < -0.39 is 5.91 Å². The minimum absolute atomic E-state index is 0.00561. The van der Waals surface area contributed by atoms with Gasteiger partial charge in [0, 0.05) is 0 Å². The first-order valence-corrected chi connectivity index (χ1v) is 7.47. The van der Waals surface area contributed by atoms with E-state index in [0.717, 1.165) is 11.4 Å². The van der Waals surface area contributed by atoms with Crippen LogP contribution >= 0.6 is 22.9 Å². The zero-order chi connectivity index (χ0) is 16.1. The molecule has 22 heavy (non-hydrogen) atoms. The highest BCUT2D eigenvalue weighted by Crippen LogP contribution is 2.24. The number of hydrogen-bond donors (Lipinski definition) is 2. The first kappa shape index (κ1) is 15.9. The van der Waals surface area contributed by atoms with Crippen molar-refractivity contribution >= 4 is 40.1 Å². The second-order valence-corrected chi connectivity index (χ2v) is 5.65. The Hall–Kier alpha value is -2.43. The second-order valence-electron chi connectivity index (χ2n) is 4.18. The quantitative estimate of drug-likeness (QED) is 0.661. The van der Waals surface area contributed by atoms with Gasteiger partial charge in [0.15, 0.2) is 0 Å². The number of aromatic hydroxyl groups is 1. The average Bonchev–Trinajstić information content (AvgIpc) is 2.94. The molecule has 112 valence electrons. The van der Waals surface area contributed by atoms with Crippen LogP contribution in [0.15, 0.2) is 23.8 Å². The van der Waals surface area contributed by atoms with Gasteiger partial charge in [0.25, 0.3) is 5.91 Å². The number of phenolic OH excluding ortho intramolecular Hbond substituents is 1. The van der Waals surface area contributed by atoms with Crippen LogP contribution < -0.4 is 5.32 Å². The van der Waals surface area contributed by atoms with E-state index in [1.54, 1.807) is 0 Å². The minimum Gasteiger partial charge on any atom is -0.508 e. The summed E-state index contributed by atoms with van der Waals surface area (Å²) in [5.41, 5.74) is 0.332. The molecular formula is C14H11ClN4O2S. The summed E-state index contributed by atoms with van der Waals surface area (Å²) in [6.45, 7) is 1.93. The van der Waals surface area contributed by atoms with Crippen LogP contribution in [0.25, 0.3) is 6.08 Å². The summed E-state index contributed by atoms with van der Waals surface area (Å²) in [4.78, 5) is 12.1. The fourth-order valence-electron chi connectivity index (χ4n) is 1.55. The molecular weight excluding hydrogens is 324 g/mol. The van der Waals surface area contributed by atoms with Gasteiger partial charge in [-0.2, -0.15) is 5.26 Å². The van der Waals surface area contributed by atoms with Crippen molar-refractivity contribution in [2.75, 3.05) is 5.32 Å². The van der Waals surface area contributed by atoms with Crippen LogP contribution in [0, 0.1) is 11.3 Å². The van der Waals surface area contributed by atoms with Gasteiger partial charge in [-0.3, -0.25) is 10.1 Å². The summed E-state index contributed by atoms with van der Waals surface area (Å²) in [7, 11) is 0. The number of aryl methyl sites for hydroxylation is 1. The van der Waals surface area contributed by atoms with Gasteiger partial charge in [-0.25, -0.2) is 0 Å². The molecule has 1 aromatic carbocycles. The Labute approximate surface area is 135 Å². The lowest BCUT2D eigenvalue weighted by Crippen LogP contribution is -2.13. The van der Waals surface area contributed by atoms with E-state index in [9.17, 15) is 9.90 Å². The van der Waals surface area contributed by atoms with E-state index in [2.05, 4.69) is 15.5 Å². The Bertz CT molecular complexity index is 779. The lowest BCUT2D eigenvalue weighted by atomic mass is 10.1. The largest absolute Gasteiger partial charge is 0.508 e. The number of halogens is 1. The van der Waals surface area contributed by atoms with Gasteiger partial charge in [-0.15, -0.1) is 10.2 Å². The van der Waals surface area contributed by atoms with Crippen molar-refractivity contribution in [2.24, 2.45) is 0 Å². The standard InChI is InChI=1S/C14H11ClN4O2S/c1-2-12-18-19-14(22-12)17-13(21)9(7-16)5-8-3-4-10(20)6-11(8)15/h3-6,20H,2H2,1H3,(H,17,19,21). The first-order valence-electron chi connectivity index (χ1n) is 6.27. The van der Waals surface area contributed by atoms with E-state index in [-0.39, 0.29) is 16.3 Å². The van der Waals surface area contributed by atoms with E-state index in [1.807, 2.05) is 13.0 Å². The number of hydrogen-bond acceptors (Lipinski definition) is 6. The number of aromatic nitrogens is 2. The normalized spacial score (nSPS) is 11.0. The highest BCUT2D eigenvalue weighted by molar-refractivity contribution is 7.15. The maximum atomic E-state index is 12.1. The molecule has 6 nitrogen and oxygen atoms in total. The number of carbonyl (C=O) groups is 1. The van der Waals surface area contributed by atoms with E-state index in [1.165, 1.54) is 35.6 Å². The maximum Gasteiger partial charge on any atom is 0.268 e. The second kappa shape index (κ2) is 7.02. The van der Waals surface area contributed by atoms with Crippen LogP contribution in [-0.4, -0.2) is 21.2 Å². The molecule has 0 unspecified atom stereocenters. The van der Waals surface area contributed by atoms with Gasteiger partial charge in [-0.1, -0.05) is 29.9 Å². The summed E-state index contributed by atoms with van der Waals surface area (Å²) in [5.74, 6) is -0.587. The number of nitrogens with one attached hydrogen (secondary N) is 1. The van der Waals surface area contributed by atoms with Crippen molar-refractivity contribution in [3.63, 3.8) is 0 Å². The molecule has 1 amide bonds. The van der Waals surface area contributed by atoms with E-state index in [4.69, 9.17) is 16.9 Å². The van der Waals surface area contributed by atoms with E-state index in [0.29, 0.717) is 10.7 Å². The molecule has 0 aliphatic heterocycles. The fourth-order valence-corrected chi connectivity index (χ4v) is 2.45. The van der Waals surface area contributed by atoms with Gasteiger partial charge in [0.2, 0.25) is 5.13 Å². The first-order chi connectivity index (χ1) is 10.5. The third kappa shape index (κ3) is 3.81. The number of phenols is 1. The predicted octanol–water partition coefficient (Wildman–Crippen LogP) is 3.01. The average molecular weight is 335 g/mol. The molecule has 0 saturated heterocycles. The Morgan fingerprint density at radius 1 is 1.55 bits per heavy atom. The third-order valence-corrected chi connectivity index (χ3v) is 3.95. The third-order valence-electron chi connectivity index (χ3n) is 2.64. The predicted molar refractivity (Wildman–Crippen MR) is 84.6 cm³/mol. The van der Waals surface area contributed by atoms with Crippen molar-refractivity contribution in [3.05, 3.63) is 39.4 Å². The summed E-state index contributed by atoms with van der Waals surface area (Å²) in [6, 6.07) is 6.09. The molecule has 0 bridgehead atoms. The molecule has 0 fully saturated rings. The number of rotatable bonds is 4. The minimum atomic E-state index is -0.592.